The number of piperidine rings is 1. The van der Waals surface area contributed by atoms with Gasteiger partial charge in [-0.15, -0.1) is 11.3 Å². The van der Waals surface area contributed by atoms with E-state index in [2.05, 4.69) is 27.7 Å². The number of ether oxygens (including phenoxy) is 3. The Bertz CT molecular complexity index is 1790. The Morgan fingerprint density at radius 1 is 1.00 bits per heavy atom. The largest absolute Gasteiger partial charge is 0.485 e. The van der Waals surface area contributed by atoms with Crippen LogP contribution in [-0.2, 0) is 17.8 Å². The first-order valence-corrected chi connectivity index (χ1v) is 15.7. The third kappa shape index (κ3) is 5.03. The average molecular weight is 597 g/mol. The van der Waals surface area contributed by atoms with Crippen molar-refractivity contribution in [1.29, 1.82) is 0 Å². The van der Waals surface area contributed by atoms with Crippen LogP contribution in [0.2, 0.25) is 0 Å². The number of fused-ring (bicyclic) bond motifs is 3. The molecule has 2 fully saturated rings. The van der Waals surface area contributed by atoms with E-state index in [1.165, 1.54) is 5.56 Å². The second-order valence-corrected chi connectivity index (χ2v) is 12.7. The molecule has 3 aromatic carbocycles. The van der Waals surface area contributed by atoms with E-state index in [1.54, 1.807) is 23.5 Å². The van der Waals surface area contributed by atoms with Gasteiger partial charge in [-0.25, -0.2) is 14.8 Å². The van der Waals surface area contributed by atoms with Crippen molar-refractivity contribution >= 4 is 38.6 Å². The number of para-hydroxylation sites is 2. The van der Waals surface area contributed by atoms with Crippen molar-refractivity contribution in [3.63, 3.8) is 0 Å². The quantitative estimate of drug-likeness (QED) is 0.243. The molecule has 3 aliphatic heterocycles. The highest BCUT2D eigenvalue weighted by molar-refractivity contribution is 7.18. The van der Waals surface area contributed by atoms with Gasteiger partial charge in [-0.2, -0.15) is 0 Å². The van der Waals surface area contributed by atoms with E-state index in [9.17, 15) is 9.90 Å². The van der Waals surface area contributed by atoms with E-state index in [0.717, 1.165) is 82.5 Å². The van der Waals surface area contributed by atoms with Crippen molar-refractivity contribution in [2.24, 2.45) is 0 Å². The standard InChI is InChI=1S/C33H32N4O5S/c38-33(39)21-8-9-24-26(16-21)37(17-22-12-15-40-22)30(34-24)18-36-13-10-20(11-14-36)23-4-3-6-27-31(23)41-19-28(42-27)32-35-25-5-1-2-7-29(25)43-32/h1-9,16,20,22,28H,10-15,17-19H2,(H,38,39)/t22-,28?/m0/s1. The summed E-state index contributed by atoms with van der Waals surface area (Å²) in [5, 5.41) is 10.5. The Morgan fingerprint density at radius 2 is 1.86 bits per heavy atom. The maximum absolute atomic E-state index is 11.6. The summed E-state index contributed by atoms with van der Waals surface area (Å²) < 4.78 is 21.9. The van der Waals surface area contributed by atoms with Crippen molar-refractivity contribution < 1.29 is 24.1 Å². The minimum absolute atomic E-state index is 0.149. The van der Waals surface area contributed by atoms with Gasteiger partial charge in [0, 0.05) is 12.2 Å². The molecule has 2 atom stereocenters. The fourth-order valence-electron chi connectivity index (χ4n) is 6.46. The molecule has 220 valence electrons. The highest BCUT2D eigenvalue weighted by Gasteiger charge is 2.31. The number of rotatable bonds is 7. The highest BCUT2D eigenvalue weighted by Crippen LogP contribution is 2.45. The number of likely N-dealkylation sites (tertiary alicyclic amines) is 1. The molecule has 3 aliphatic rings. The van der Waals surface area contributed by atoms with Crippen LogP contribution in [0, 0.1) is 0 Å². The first kappa shape index (κ1) is 26.6. The van der Waals surface area contributed by atoms with Crippen LogP contribution < -0.4 is 9.47 Å². The number of aromatic nitrogens is 3. The number of aromatic carboxylic acids is 1. The maximum Gasteiger partial charge on any atom is 0.335 e. The van der Waals surface area contributed by atoms with Gasteiger partial charge in [-0.05, 0) is 74.7 Å². The predicted molar refractivity (Wildman–Crippen MR) is 163 cm³/mol. The molecule has 8 rings (SSSR count). The molecule has 0 amide bonds. The van der Waals surface area contributed by atoms with Crippen molar-refractivity contribution in [2.75, 3.05) is 26.3 Å². The summed E-state index contributed by atoms with van der Waals surface area (Å²) in [4.78, 5) is 23.8. The summed E-state index contributed by atoms with van der Waals surface area (Å²) in [6.07, 6.45) is 2.97. The summed E-state index contributed by atoms with van der Waals surface area (Å²) >= 11 is 1.66. The van der Waals surface area contributed by atoms with Crippen LogP contribution in [0.15, 0.2) is 60.7 Å². The van der Waals surface area contributed by atoms with Crippen molar-refractivity contribution in [3.8, 4) is 11.5 Å². The van der Waals surface area contributed by atoms with Crippen molar-refractivity contribution in [1.82, 2.24) is 19.4 Å². The fraction of sp³-hybridized carbons (Fsp3) is 0.364. The Morgan fingerprint density at radius 3 is 2.65 bits per heavy atom. The summed E-state index contributed by atoms with van der Waals surface area (Å²) in [7, 11) is 0. The van der Waals surface area contributed by atoms with Crippen LogP contribution in [0.4, 0.5) is 0 Å². The first-order valence-electron chi connectivity index (χ1n) is 14.9. The molecular formula is C33H32N4O5S. The number of carboxylic acids is 1. The lowest BCUT2D eigenvalue weighted by molar-refractivity contribution is -0.0592. The van der Waals surface area contributed by atoms with E-state index in [4.69, 9.17) is 24.2 Å². The monoisotopic (exact) mass is 596 g/mol. The van der Waals surface area contributed by atoms with E-state index in [-0.39, 0.29) is 17.8 Å². The second-order valence-electron chi connectivity index (χ2n) is 11.6. The molecule has 0 saturated carbocycles. The van der Waals surface area contributed by atoms with Gasteiger partial charge < -0.3 is 23.9 Å². The van der Waals surface area contributed by atoms with Crippen LogP contribution in [0.25, 0.3) is 21.3 Å². The Hall–Kier alpha value is -3.99. The van der Waals surface area contributed by atoms with Gasteiger partial charge in [0.25, 0.3) is 0 Å². The lowest BCUT2D eigenvalue weighted by Crippen LogP contribution is -2.35. The predicted octanol–water partition coefficient (Wildman–Crippen LogP) is 6.03. The van der Waals surface area contributed by atoms with Gasteiger partial charge in [0.05, 0.1) is 46.0 Å². The summed E-state index contributed by atoms with van der Waals surface area (Å²) in [5.41, 5.74) is 4.17. The number of nitrogens with zero attached hydrogens (tertiary/aromatic N) is 4. The summed E-state index contributed by atoms with van der Waals surface area (Å²) in [6.45, 7) is 4.51. The average Bonchev–Trinajstić information content (AvgIpc) is 3.59. The normalized spacial score (nSPS) is 20.8. The van der Waals surface area contributed by atoms with Crippen LogP contribution >= 0.6 is 11.3 Å². The van der Waals surface area contributed by atoms with Crippen LogP contribution in [0.5, 0.6) is 11.5 Å². The number of hydrogen-bond acceptors (Lipinski definition) is 8. The number of thiazole rings is 1. The summed E-state index contributed by atoms with van der Waals surface area (Å²) in [5.74, 6) is 2.08. The third-order valence-electron chi connectivity index (χ3n) is 8.89. The number of benzene rings is 3. The molecule has 5 heterocycles. The molecule has 0 aliphatic carbocycles. The molecular weight excluding hydrogens is 564 g/mol. The molecule has 0 radical (unpaired) electrons. The number of hydrogen-bond donors (Lipinski definition) is 1. The SMILES string of the molecule is O=C(O)c1ccc2nc(CN3CCC(c4cccc5c4OCC(c4nc6ccccc6s4)O5)CC3)n(C[C@@H]3CCO3)c2c1. The van der Waals surface area contributed by atoms with E-state index < -0.39 is 5.97 Å². The van der Waals surface area contributed by atoms with Gasteiger partial charge in [-0.3, -0.25) is 4.90 Å². The first-order chi connectivity index (χ1) is 21.1. The number of imidazole rings is 1. The highest BCUT2D eigenvalue weighted by atomic mass is 32.1. The molecule has 0 spiro atoms. The Balaban J connectivity index is 0.969. The number of carboxylic acid groups (broad SMARTS) is 1. The zero-order valence-electron chi connectivity index (χ0n) is 23.6. The molecule has 0 bridgehead atoms. The van der Waals surface area contributed by atoms with Crippen LogP contribution in [0.3, 0.4) is 0 Å². The lowest BCUT2D eigenvalue weighted by Gasteiger charge is -2.34. The van der Waals surface area contributed by atoms with Crippen molar-refractivity contribution in [3.05, 3.63) is 82.6 Å². The zero-order chi connectivity index (χ0) is 28.9. The fourth-order valence-corrected chi connectivity index (χ4v) is 7.44. The molecule has 9 nitrogen and oxygen atoms in total. The maximum atomic E-state index is 11.6. The molecule has 5 aromatic rings. The van der Waals surface area contributed by atoms with Gasteiger partial charge in [-0.1, -0.05) is 24.3 Å². The molecule has 1 N–H and O–H groups in total. The van der Waals surface area contributed by atoms with E-state index >= 15 is 0 Å². The molecule has 2 aromatic heterocycles. The van der Waals surface area contributed by atoms with Gasteiger partial charge in [0.1, 0.15) is 17.4 Å². The minimum Gasteiger partial charge on any atom is -0.485 e. The minimum atomic E-state index is -0.928. The van der Waals surface area contributed by atoms with Gasteiger partial charge in [0.2, 0.25) is 0 Å². The number of carbonyl (C=O) groups is 1. The smallest absolute Gasteiger partial charge is 0.335 e. The molecule has 1 unspecified atom stereocenters. The van der Waals surface area contributed by atoms with Crippen LogP contribution in [-0.4, -0.2) is 62.9 Å². The zero-order valence-corrected chi connectivity index (χ0v) is 24.5. The Kier molecular flexibility index (Phi) is 6.77. The van der Waals surface area contributed by atoms with Gasteiger partial charge >= 0.3 is 5.97 Å². The Labute approximate surface area is 252 Å². The topological polar surface area (TPSA) is 98.9 Å². The summed E-state index contributed by atoms with van der Waals surface area (Å²) in [6, 6.07) is 19.6. The van der Waals surface area contributed by atoms with E-state index in [1.807, 2.05) is 30.3 Å². The molecule has 10 heteroatoms. The van der Waals surface area contributed by atoms with Crippen LogP contribution in [0.1, 0.15) is 58.0 Å². The lowest BCUT2D eigenvalue weighted by atomic mass is 9.88. The van der Waals surface area contributed by atoms with Gasteiger partial charge in [0.15, 0.2) is 17.6 Å². The second kappa shape index (κ2) is 10.9. The molecule has 2 saturated heterocycles. The third-order valence-corrected chi connectivity index (χ3v) is 10.0. The van der Waals surface area contributed by atoms with Crippen molar-refractivity contribution in [2.45, 2.75) is 50.5 Å². The van der Waals surface area contributed by atoms with E-state index in [0.29, 0.717) is 25.6 Å². The molecule has 43 heavy (non-hydrogen) atoms.